The van der Waals surface area contributed by atoms with Crippen molar-refractivity contribution in [2.24, 2.45) is 0 Å². The van der Waals surface area contributed by atoms with Crippen LogP contribution in [0.15, 0.2) is 24.3 Å². The van der Waals surface area contributed by atoms with E-state index in [2.05, 4.69) is 43.5 Å². The highest BCUT2D eigenvalue weighted by Crippen LogP contribution is 2.20. The molecule has 534 valence electrons. The molecule has 1 amide bonds. The van der Waals surface area contributed by atoms with Crippen molar-refractivity contribution in [3.8, 4) is 0 Å². The van der Waals surface area contributed by atoms with Gasteiger partial charge in [0.05, 0.1) is 25.4 Å². The summed E-state index contributed by atoms with van der Waals surface area (Å²) in [6, 6.07) is -0.538. The topological polar surface area (TPSA) is 95.9 Å². The van der Waals surface area contributed by atoms with Gasteiger partial charge in [-0.05, 0) is 77.0 Å². The van der Waals surface area contributed by atoms with E-state index < -0.39 is 12.1 Å². The third kappa shape index (κ3) is 75.4. The second-order valence-corrected chi connectivity index (χ2v) is 28.8. The molecule has 3 N–H and O–H groups in total. The lowest BCUT2D eigenvalue weighted by atomic mass is 10.0. The smallest absolute Gasteiger partial charge is 0.305 e. The molecule has 0 radical (unpaired) electrons. The Kier molecular flexibility index (Phi) is 78.3. The summed E-state index contributed by atoms with van der Waals surface area (Å²) in [5, 5.41) is 23.4. The van der Waals surface area contributed by atoms with Crippen LogP contribution in [0.3, 0.4) is 0 Å². The first-order valence-electron chi connectivity index (χ1n) is 41.6. The van der Waals surface area contributed by atoms with Crippen molar-refractivity contribution in [2.75, 3.05) is 13.2 Å². The Morgan fingerprint density at radius 3 is 0.789 bits per heavy atom. The second-order valence-electron chi connectivity index (χ2n) is 28.8. The van der Waals surface area contributed by atoms with E-state index in [4.69, 9.17) is 4.74 Å². The third-order valence-electron chi connectivity index (χ3n) is 19.7. The number of aliphatic hydroxyl groups excluding tert-OH is 2. The first-order valence-corrected chi connectivity index (χ1v) is 41.6. The van der Waals surface area contributed by atoms with Gasteiger partial charge >= 0.3 is 5.97 Å². The molecule has 0 aliphatic heterocycles. The van der Waals surface area contributed by atoms with Crippen molar-refractivity contribution in [3.63, 3.8) is 0 Å². The molecule has 0 aromatic rings. The van der Waals surface area contributed by atoms with Crippen LogP contribution in [-0.4, -0.2) is 47.4 Å². The minimum atomic E-state index is -0.661. The second kappa shape index (κ2) is 79.8. The summed E-state index contributed by atoms with van der Waals surface area (Å²) in [4.78, 5) is 24.7. The maximum absolute atomic E-state index is 12.6. The van der Waals surface area contributed by atoms with Gasteiger partial charge < -0.3 is 20.3 Å². The quantitative estimate of drug-likeness (QED) is 0.0320. The van der Waals surface area contributed by atoms with E-state index in [-0.39, 0.29) is 18.5 Å². The normalized spacial score (nSPS) is 12.5. The molecule has 6 nitrogen and oxygen atoms in total. The summed E-state index contributed by atoms with van der Waals surface area (Å²) in [7, 11) is 0. The lowest BCUT2D eigenvalue weighted by molar-refractivity contribution is -0.143. The van der Waals surface area contributed by atoms with Gasteiger partial charge in [0.1, 0.15) is 0 Å². The van der Waals surface area contributed by atoms with Crippen molar-refractivity contribution < 1.29 is 24.5 Å². The maximum atomic E-state index is 12.6. The number of allylic oxidation sites excluding steroid dienone is 4. The monoisotopic (exact) mass is 1270 g/mol. The predicted octanol–water partition coefficient (Wildman–Crippen LogP) is 27.6. The zero-order valence-corrected chi connectivity index (χ0v) is 61.4. The Morgan fingerprint density at radius 2 is 0.522 bits per heavy atom. The van der Waals surface area contributed by atoms with Crippen LogP contribution in [0.1, 0.15) is 476 Å². The highest BCUT2D eigenvalue weighted by atomic mass is 16.5. The van der Waals surface area contributed by atoms with E-state index in [0.29, 0.717) is 25.9 Å². The molecule has 0 bridgehead atoms. The Bertz CT molecular complexity index is 1410. The number of esters is 1. The molecule has 0 aromatic heterocycles. The first-order chi connectivity index (χ1) is 44.5. The van der Waals surface area contributed by atoms with Crippen LogP contribution in [0.25, 0.3) is 0 Å². The van der Waals surface area contributed by atoms with E-state index in [0.717, 1.165) is 44.9 Å². The largest absolute Gasteiger partial charge is 0.466 e. The number of hydrogen-bond donors (Lipinski definition) is 3. The molecule has 0 saturated carbocycles. The van der Waals surface area contributed by atoms with Crippen LogP contribution in [-0.2, 0) is 14.3 Å². The molecule has 2 unspecified atom stereocenters. The van der Waals surface area contributed by atoms with Crippen molar-refractivity contribution >= 4 is 11.9 Å². The van der Waals surface area contributed by atoms with Crippen LogP contribution in [0.2, 0.25) is 0 Å². The number of carbonyl (C=O) groups excluding carboxylic acids is 2. The molecular formula is C84H163NO5. The molecule has 0 spiro atoms. The molecule has 0 fully saturated rings. The Hall–Kier alpha value is -1.66. The fraction of sp³-hybridized carbons (Fsp3) is 0.929. The third-order valence-corrected chi connectivity index (χ3v) is 19.7. The minimum absolute atomic E-state index is 0.0161. The Balaban J connectivity index is 3.32. The average Bonchev–Trinajstić information content (AvgIpc) is 3.68. The van der Waals surface area contributed by atoms with Gasteiger partial charge in [0.15, 0.2) is 0 Å². The van der Waals surface area contributed by atoms with Gasteiger partial charge in [0.25, 0.3) is 0 Å². The van der Waals surface area contributed by atoms with Crippen LogP contribution in [0.5, 0.6) is 0 Å². The van der Waals surface area contributed by atoms with Crippen LogP contribution in [0, 0.1) is 0 Å². The fourth-order valence-corrected chi connectivity index (χ4v) is 13.4. The zero-order chi connectivity index (χ0) is 64.9. The van der Waals surface area contributed by atoms with Crippen molar-refractivity contribution in [1.29, 1.82) is 0 Å². The van der Waals surface area contributed by atoms with Gasteiger partial charge in [-0.3, -0.25) is 9.59 Å². The standard InChI is InChI=1S/C84H163NO5/c1-3-5-7-9-11-13-15-17-19-21-45-48-52-56-60-64-68-72-76-82(87)81(80-86)85-83(88)77-73-69-65-61-57-53-49-46-43-41-39-37-35-33-31-29-27-25-23-22-24-26-28-30-32-34-36-38-40-42-44-47-51-55-59-63-67-71-75-79-90-84(89)78-74-70-66-62-58-54-50-20-18-16-14-12-10-8-6-4-2/h20,22-23,50,81-82,86-87H,3-19,21,24-49,51-80H2,1-2H3,(H,85,88)/b23-22-,50-20-. The Labute approximate surface area is 564 Å². The summed E-state index contributed by atoms with van der Waals surface area (Å²) in [5.41, 5.74) is 0. The number of carbonyl (C=O) groups is 2. The van der Waals surface area contributed by atoms with E-state index in [9.17, 15) is 19.8 Å². The number of rotatable bonds is 79. The minimum Gasteiger partial charge on any atom is -0.466 e. The molecule has 0 aliphatic rings. The number of unbranched alkanes of at least 4 members (excludes halogenated alkanes) is 64. The van der Waals surface area contributed by atoms with Crippen LogP contribution >= 0.6 is 0 Å². The number of aliphatic hydroxyl groups is 2. The molecular weight excluding hydrogens is 1100 g/mol. The Morgan fingerprint density at radius 1 is 0.300 bits per heavy atom. The van der Waals surface area contributed by atoms with Crippen molar-refractivity contribution in [2.45, 2.75) is 488 Å². The molecule has 6 heteroatoms. The molecule has 0 saturated heterocycles. The van der Waals surface area contributed by atoms with Crippen LogP contribution in [0.4, 0.5) is 0 Å². The molecule has 0 aliphatic carbocycles. The van der Waals surface area contributed by atoms with Gasteiger partial charge in [-0.2, -0.15) is 0 Å². The molecule has 0 heterocycles. The SMILES string of the molecule is CCCCCCCCC/C=C\CCCCCCCC(=O)OCCCCCCCCCCCCCCCCCCCC/C=C\CCCCCCCCCCCCCCCCCCCC(=O)NC(CO)C(O)CCCCCCCCCCCCCCCCCCCC. The van der Waals surface area contributed by atoms with Gasteiger partial charge in [0.2, 0.25) is 5.91 Å². The van der Waals surface area contributed by atoms with Crippen LogP contribution < -0.4 is 5.32 Å². The number of ether oxygens (including phenoxy) is 1. The number of hydrogen-bond acceptors (Lipinski definition) is 5. The summed E-state index contributed by atoms with van der Waals surface area (Å²) in [6.07, 6.45) is 103. The number of amides is 1. The van der Waals surface area contributed by atoms with Gasteiger partial charge in [-0.15, -0.1) is 0 Å². The van der Waals surface area contributed by atoms with Crippen molar-refractivity contribution in [1.82, 2.24) is 5.32 Å². The van der Waals surface area contributed by atoms with Gasteiger partial charge in [-0.25, -0.2) is 0 Å². The summed E-state index contributed by atoms with van der Waals surface area (Å²) in [5.74, 6) is -0.00973. The van der Waals surface area contributed by atoms with E-state index >= 15 is 0 Å². The number of nitrogens with one attached hydrogen (secondary N) is 1. The summed E-state index contributed by atoms with van der Waals surface area (Å²) < 4.78 is 5.51. The molecule has 0 aromatic carbocycles. The molecule has 2 atom stereocenters. The van der Waals surface area contributed by atoms with Gasteiger partial charge in [0, 0.05) is 12.8 Å². The van der Waals surface area contributed by atoms with Gasteiger partial charge in [-0.1, -0.05) is 411 Å². The highest BCUT2D eigenvalue weighted by Gasteiger charge is 2.20. The zero-order valence-electron chi connectivity index (χ0n) is 61.4. The molecule has 0 rings (SSSR count). The summed E-state index contributed by atoms with van der Waals surface area (Å²) in [6.45, 7) is 5.00. The highest BCUT2D eigenvalue weighted by molar-refractivity contribution is 5.76. The lowest BCUT2D eigenvalue weighted by Gasteiger charge is -2.22. The predicted molar refractivity (Wildman–Crippen MR) is 398 cm³/mol. The van der Waals surface area contributed by atoms with E-state index in [1.165, 1.54) is 398 Å². The van der Waals surface area contributed by atoms with E-state index in [1.54, 1.807) is 0 Å². The van der Waals surface area contributed by atoms with Crippen molar-refractivity contribution in [3.05, 3.63) is 24.3 Å². The van der Waals surface area contributed by atoms with E-state index in [1.807, 2.05) is 0 Å². The first kappa shape index (κ1) is 88.3. The fourth-order valence-electron chi connectivity index (χ4n) is 13.4. The lowest BCUT2D eigenvalue weighted by Crippen LogP contribution is -2.45. The summed E-state index contributed by atoms with van der Waals surface area (Å²) >= 11 is 0. The average molecular weight is 1270 g/mol. The maximum Gasteiger partial charge on any atom is 0.305 e. The molecule has 90 heavy (non-hydrogen) atoms.